The molecule has 0 bridgehead atoms. The van der Waals surface area contributed by atoms with E-state index in [1.807, 2.05) is 31.2 Å². The highest BCUT2D eigenvalue weighted by molar-refractivity contribution is 5.94. The fourth-order valence-electron chi connectivity index (χ4n) is 7.96. The van der Waals surface area contributed by atoms with Crippen molar-refractivity contribution in [1.82, 2.24) is 25.3 Å². The molecular weight excluding hydrogens is 668 g/mol. The van der Waals surface area contributed by atoms with Crippen molar-refractivity contribution >= 4 is 23.8 Å². The number of alkyl halides is 2. The number of ether oxygens (including phenoxy) is 2. The van der Waals surface area contributed by atoms with E-state index in [1.54, 1.807) is 20.8 Å². The zero-order valence-corrected chi connectivity index (χ0v) is 30.0. The Balaban J connectivity index is 1.45. The second kappa shape index (κ2) is 16.0. The van der Waals surface area contributed by atoms with Gasteiger partial charge in [0.2, 0.25) is 23.6 Å². The van der Waals surface area contributed by atoms with Gasteiger partial charge in [-0.1, -0.05) is 39.0 Å². The molecule has 0 unspecified atom stereocenters. The van der Waals surface area contributed by atoms with E-state index in [0.29, 0.717) is 38.3 Å². The third-order valence-electron chi connectivity index (χ3n) is 10.5. The fourth-order valence-corrected chi connectivity index (χ4v) is 7.96. The maximum Gasteiger partial charge on any atom is 0.408 e. The summed E-state index contributed by atoms with van der Waals surface area (Å²) in [5.74, 6) is -4.84. The summed E-state index contributed by atoms with van der Waals surface area (Å²) in [4.78, 5) is 59.6. The lowest BCUT2D eigenvalue weighted by Gasteiger charge is -2.45. The maximum atomic E-state index is 14.8. The molecule has 51 heavy (non-hydrogen) atoms. The highest BCUT2D eigenvalue weighted by Crippen LogP contribution is 2.39. The number of hydrogen-bond donors (Lipinski definition) is 4. The summed E-state index contributed by atoms with van der Waals surface area (Å²) >= 11 is 0. The van der Waals surface area contributed by atoms with Gasteiger partial charge in [0.15, 0.2) is 0 Å². The normalized spacial score (nSPS) is 26.2. The second-order valence-electron chi connectivity index (χ2n) is 15.5. The maximum absolute atomic E-state index is 14.8. The number of nitrogens with zero attached hydrogens (tertiary/aromatic N) is 3. The van der Waals surface area contributed by atoms with Crippen molar-refractivity contribution in [2.24, 2.45) is 11.3 Å². The molecule has 4 aliphatic rings. The average Bonchev–Trinajstić information content (AvgIpc) is 3.47. The molecule has 3 fully saturated rings. The summed E-state index contributed by atoms with van der Waals surface area (Å²) in [5, 5.41) is 26.1. The van der Waals surface area contributed by atoms with Gasteiger partial charge in [-0.2, -0.15) is 0 Å². The molecule has 4 amide bonds. The van der Waals surface area contributed by atoms with Crippen LogP contribution in [-0.2, 0) is 19.1 Å². The molecule has 4 N–H and O–H groups in total. The standard InChI is InChI=1S/C36H53F2N5O8/c1-5-50-24-16-23-17-42(27(19-41(23)18-24)31(45)39-26-12-15-51-29-9-7-6-8-25(26)29)33(47)30(22-10-13-36(37,38)14-11-22)40-32(46)28(20-44)43(34(48)49)21-35(2,3)4/h6-9,22-24,26-28,30,44H,5,10-21H2,1-4H3,(H,39,45)(H,40,46)(H,48,49)/t23-,24-,26-,27+,28+,30+/m1/s1. The van der Waals surface area contributed by atoms with Crippen molar-refractivity contribution in [3.63, 3.8) is 0 Å². The van der Waals surface area contributed by atoms with Crippen LogP contribution in [0.3, 0.4) is 0 Å². The molecule has 2 saturated heterocycles. The van der Waals surface area contributed by atoms with Crippen LogP contribution >= 0.6 is 0 Å². The van der Waals surface area contributed by atoms with E-state index in [2.05, 4.69) is 15.5 Å². The van der Waals surface area contributed by atoms with Gasteiger partial charge in [0.25, 0.3) is 0 Å². The Kier molecular flexibility index (Phi) is 12.1. The molecule has 13 nitrogen and oxygen atoms in total. The number of carbonyl (C=O) groups is 4. The van der Waals surface area contributed by atoms with Crippen LogP contribution in [0.5, 0.6) is 5.75 Å². The smallest absolute Gasteiger partial charge is 0.408 e. The number of aliphatic hydroxyl groups is 1. The molecule has 6 atom stereocenters. The molecule has 3 aliphatic heterocycles. The first-order chi connectivity index (χ1) is 24.1. The molecule has 3 heterocycles. The Morgan fingerprint density at radius 3 is 2.45 bits per heavy atom. The van der Waals surface area contributed by atoms with Crippen molar-refractivity contribution in [2.75, 3.05) is 46.0 Å². The van der Waals surface area contributed by atoms with Crippen molar-refractivity contribution in [2.45, 2.75) is 108 Å². The average molecular weight is 722 g/mol. The molecule has 1 saturated carbocycles. The van der Waals surface area contributed by atoms with Gasteiger partial charge in [0, 0.05) is 63.7 Å². The van der Waals surface area contributed by atoms with Gasteiger partial charge in [-0.15, -0.1) is 0 Å². The topological polar surface area (TPSA) is 161 Å². The van der Waals surface area contributed by atoms with Crippen LogP contribution in [0.25, 0.3) is 0 Å². The Hall–Kier alpha value is -3.56. The first-order valence-electron chi connectivity index (χ1n) is 18.1. The lowest BCUT2D eigenvalue weighted by Crippen LogP contribution is -2.67. The molecule has 1 aromatic rings. The summed E-state index contributed by atoms with van der Waals surface area (Å²) in [6.45, 7) is 8.16. The van der Waals surface area contributed by atoms with Gasteiger partial charge < -0.3 is 35.2 Å². The Labute approximate surface area is 298 Å². The fraction of sp³-hybridized carbons (Fsp3) is 0.722. The van der Waals surface area contributed by atoms with Crippen molar-refractivity contribution in [3.05, 3.63) is 29.8 Å². The minimum Gasteiger partial charge on any atom is -0.493 e. The summed E-state index contributed by atoms with van der Waals surface area (Å²) in [6.07, 6.45) is -1.46. The van der Waals surface area contributed by atoms with Crippen molar-refractivity contribution in [1.29, 1.82) is 0 Å². The summed E-state index contributed by atoms with van der Waals surface area (Å²) < 4.78 is 40.4. The van der Waals surface area contributed by atoms with Crippen LogP contribution in [0.2, 0.25) is 0 Å². The number of amides is 4. The molecular formula is C36H53F2N5O8. The van der Waals surface area contributed by atoms with Crippen molar-refractivity contribution < 1.29 is 47.6 Å². The number of piperazine rings is 1. The monoisotopic (exact) mass is 721 g/mol. The largest absolute Gasteiger partial charge is 0.493 e. The predicted molar refractivity (Wildman–Crippen MR) is 182 cm³/mol. The number of hydrogen-bond acceptors (Lipinski definition) is 8. The molecule has 0 radical (unpaired) electrons. The number of para-hydroxylation sites is 1. The molecule has 0 aromatic heterocycles. The van der Waals surface area contributed by atoms with E-state index in [1.165, 1.54) is 4.90 Å². The Bertz CT molecular complexity index is 1420. The minimum atomic E-state index is -2.92. The number of aliphatic hydroxyl groups excluding tert-OH is 1. The number of carboxylic acid groups (broad SMARTS) is 1. The van der Waals surface area contributed by atoms with Gasteiger partial charge >= 0.3 is 6.09 Å². The van der Waals surface area contributed by atoms with Crippen LogP contribution in [0.4, 0.5) is 13.6 Å². The third-order valence-corrected chi connectivity index (χ3v) is 10.5. The molecule has 1 aromatic carbocycles. The molecule has 1 aliphatic carbocycles. The molecule has 15 heteroatoms. The van der Waals surface area contributed by atoms with Crippen LogP contribution in [0.15, 0.2) is 24.3 Å². The summed E-state index contributed by atoms with van der Waals surface area (Å²) in [6, 6.07) is 3.08. The van der Waals surface area contributed by atoms with E-state index in [0.717, 1.165) is 10.5 Å². The van der Waals surface area contributed by atoms with Crippen LogP contribution < -0.4 is 15.4 Å². The predicted octanol–water partition coefficient (Wildman–Crippen LogP) is 3.01. The van der Waals surface area contributed by atoms with Crippen LogP contribution in [0, 0.1) is 11.3 Å². The molecule has 284 valence electrons. The van der Waals surface area contributed by atoms with Crippen LogP contribution in [0.1, 0.15) is 77.8 Å². The zero-order chi connectivity index (χ0) is 37.1. The van der Waals surface area contributed by atoms with E-state index < -0.39 is 72.7 Å². The summed E-state index contributed by atoms with van der Waals surface area (Å²) in [7, 11) is 0. The number of halogens is 2. The van der Waals surface area contributed by atoms with E-state index in [9.17, 15) is 38.2 Å². The molecule has 5 rings (SSSR count). The quantitative estimate of drug-likeness (QED) is 0.269. The first kappa shape index (κ1) is 38.7. The summed E-state index contributed by atoms with van der Waals surface area (Å²) in [5.41, 5.74) is 0.255. The van der Waals surface area contributed by atoms with E-state index in [4.69, 9.17) is 9.47 Å². The van der Waals surface area contributed by atoms with Gasteiger partial charge in [0.1, 0.15) is 23.9 Å². The number of fused-ring (bicyclic) bond motifs is 2. The molecule has 0 spiro atoms. The van der Waals surface area contributed by atoms with Crippen molar-refractivity contribution in [3.8, 4) is 5.75 Å². The van der Waals surface area contributed by atoms with Gasteiger partial charge in [-0.05, 0) is 43.6 Å². The van der Waals surface area contributed by atoms with E-state index >= 15 is 0 Å². The SMILES string of the molecule is CCO[C@@H]1C[C@@H]2CN(C(=O)[C@@H](NC(=O)[C@H](CO)N(CC(C)(C)C)C(=O)O)C3CCC(F)(F)CC3)[C@H](C(=O)N[C@@H]3CCOc4ccccc43)CN2C1. The highest BCUT2D eigenvalue weighted by atomic mass is 19.3. The highest BCUT2D eigenvalue weighted by Gasteiger charge is 2.49. The minimum absolute atomic E-state index is 0.0658. The lowest BCUT2D eigenvalue weighted by atomic mass is 9.81. The number of nitrogens with one attached hydrogen (secondary N) is 2. The Morgan fingerprint density at radius 1 is 1.10 bits per heavy atom. The van der Waals surface area contributed by atoms with Crippen LogP contribution in [-0.4, -0.2) is 131 Å². The second-order valence-corrected chi connectivity index (χ2v) is 15.5. The Morgan fingerprint density at radius 2 is 1.80 bits per heavy atom. The van der Waals surface area contributed by atoms with E-state index in [-0.39, 0.29) is 56.6 Å². The van der Waals surface area contributed by atoms with Gasteiger partial charge in [-0.3, -0.25) is 24.2 Å². The first-order valence-corrected chi connectivity index (χ1v) is 18.1. The van der Waals surface area contributed by atoms with Gasteiger partial charge in [-0.25, -0.2) is 13.6 Å². The number of benzene rings is 1. The number of rotatable bonds is 11. The zero-order valence-electron chi connectivity index (χ0n) is 30.0. The lowest BCUT2D eigenvalue weighted by molar-refractivity contribution is -0.151. The third kappa shape index (κ3) is 9.28. The van der Waals surface area contributed by atoms with Gasteiger partial charge in [0.05, 0.1) is 25.4 Å². The number of carbonyl (C=O) groups excluding carboxylic acids is 3.